The van der Waals surface area contributed by atoms with Crippen molar-refractivity contribution in [2.24, 2.45) is 5.92 Å². The lowest BCUT2D eigenvalue weighted by molar-refractivity contribution is -0.126. The molecule has 5 rings (SSSR count). The van der Waals surface area contributed by atoms with Gasteiger partial charge in [0.05, 0.1) is 5.92 Å². The van der Waals surface area contributed by atoms with Crippen LogP contribution in [0.25, 0.3) is 10.8 Å². The first-order valence-corrected chi connectivity index (χ1v) is 13.5. The van der Waals surface area contributed by atoms with Crippen molar-refractivity contribution < 1.29 is 4.79 Å². The van der Waals surface area contributed by atoms with Crippen LogP contribution in [0.3, 0.4) is 0 Å². The first kappa shape index (κ1) is 24.0. The molecule has 0 spiro atoms. The van der Waals surface area contributed by atoms with Crippen LogP contribution in [0.1, 0.15) is 55.2 Å². The number of piperidine rings is 1. The summed E-state index contributed by atoms with van der Waals surface area (Å²) in [5.74, 6) is 0.268. The van der Waals surface area contributed by atoms with E-state index in [0.29, 0.717) is 6.54 Å². The first-order valence-electron chi connectivity index (χ1n) is 13.5. The van der Waals surface area contributed by atoms with Crippen molar-refractivity contribution in [3.05, 3.63) is 83.4 Å². The van der Waals surface area contributed by atoms with Gasteiger partial charge in [-0.2, -0.15) is 0 Å². The highest BCUT2D eigenvalue weighted by atomic mass is 16.1. The maximum atomic E-state index is 13.1. The number of hydrogen-bond acceptors (Lipinski definition) is 3. The standard InChI is InChI=1S/C31H39N3O/c35-31(32-21-25-10-7-11-26(20-25)22-33-17-5-1-2-6-18-33)29-15-9-19-34(24-29)23-28-14-8-13-27-12-3-4-16-30(27)28/h3-4,7-8,10-14,16,20,29H,1-2,5-6,9,15,17-19,21-24H2,(H,32,35). The van der Waals surface area contributed by atoms with Gasteiger partial charge in [0, 0.05) is 26.2 Å². The van der Waals surface area contributed by atoms with E-state index in [9.17, 15) is 4.79 Å². The molecule has 0 aliphatic carbocycles. The Balaban J connectivity index is 1.14. The van der Waals surface area contributed by atoms with Crippen LogP contribution in [0, 0.1) is 5.92 Å². The highest BCUT2D eigenvalue weighted by Gasteiger charge is 2.26. The van der Waals surface area contributed by atoms with E-state index in [2.05, 4.69) is 81.8 Å². The van der Waals surface area contributed by atoms with Crippen molar-refractivity contribution in [2.75, 3.05) is 26.2 Å². The van der Waals surface area contributed by atoms with Gasteiger partial charge in [-0.1, -0.05) is 79.6 Å². The number of hydrogen-bond donors (Lipinski definition) is 1. The Bertz CT molecular complexity index is 1110. The lowest BCUT2D eigenvalue weighted by Crippen LogP contribution is -2.42. The van der Waals surface area contributed by atoms with Gasteiger partial charge in [-0.25, -0.2) is 0 Å². The highest BCUT2D eigenvalue weighted by molar-refractivity contribution is 5.85. The fraction of sp³-hybridized carbons (Fsp3) is 0.452. The number of amides is 1. The first-order chi connectivity index (χ1) is 17.2. The molecule has 0 bridgehead atoms. The highest BCUT2D eigenvalue weighted by Crippen LogP contribution is 2.24. The molecule has 2 aliphatic heterocycles. The molecule has 4 heteroatoms. The van der Waals surface area contributed by atoms with Gasteiger partial charge in [0.1, 0.15) is 0 Å². The summed E-state index contributed by atoms with van der Waals surface area (Å²) >= 11 is 0. The summed E-state index contributed by atoms with van der Waals surface area (Å²) < 4.78 is 0. The molecule has 2 saturated heterocycles. The Labute approximate surface area is 210 Å². The van der Waals surface area contributed by atoms with Crippen molar-refractivity contribution in [1.29, 1.82) is 0 Å². The number of carbonyl (C=O) groups excluding carboxylic acids is 1. The summed E-state index contributed by atoms with van der Waals surface area (Å²) in [4.78, 5) is 18.1. The molecule has 0 saturated carbocycles. The number of likely N-dealkylation sites (tertiary alicyclic amines) is 2. The van der Waals surface area contributed by atoms with Gasteiger partial charge < -0.3 is 5.32 Å². The second kappa shape index (κ2) is 11.8. The molecule has 1 atom stereocenters. The minimum atomic E-state index is 0.0685. The zero-order valence-electron chi connectivity index (χ0n) is 20.9. The zero-order chi connectivity index (χ0) is 23.9. The monoisotopic (exact) mass is 469 g/mol. The summed E-state index contributed by atoms with van der Waals surface area (Å²) in [5.41, 5.74) is 3.91. The maximum Gasteiger partial charge on any atom is 0.224 e. The third-order valence-electron chi connectivity index (χ3n) is 7.71. The molecular weight excluding hydrogens is 430 g/mol. The molecule has 1 unspecified atom stereocenters. The van der Waals surface area contributed by atoms with Crippen molar-refractivity contribution in [1.82, 2.24) is 15.1 Å². The summed E-state index contributed by atoms with van der Waals surface area (Å²) in [6, 6.07) is 23.9. The molecule has 2 heterocycles. The number of carbonyl (C=O) groups is 1. The Morgan fingerprint density at radius 1 is 0.771 bits per heavy atom. The molecule has 0 aromatic heterocycles. The fourth-order valence-corrected chi connectivity index (χ4v) is 5.81. The van der Waals surface area contributed by atoms with E-state index in [4.69, 9.17) is 0 Å². The van der Waals surface area contributed by atoms with Crippen LogP contribution in [0.15, 0.2) is 66.7 Å². The van der Waals surface area contributed by atoms with Gasteiger partial charge in [0.25, 0.3) is 0 Å². The minimum Gasteiger partial charge on any atom is -0.352 e. The molecule has 3 aromatic carbocycles. The normalized spacial score (nSPS) is 19.9. The van der Waals surface area contributed by atoms with E-state index in [1.807, 2.05) is 0 Å². The largest absolute Gasteiger partial charge is 0.352 e. The summed E-state index contributed by atoms with van der Waals surface area (Å²) in [7, 11) is 0. The van der Waals surface area contributed by atoms with Crippen LogP contribution in [0.4, 0.5) is 0 Å². The molecular formula is C31H39N3O. The van der Waals surface area contributed by atoms with Gasteiger partial charge >= 0.3 is 0 Å². The SMILES string of the molecule is O=C(NCc1cccc(CN2CCCCCC2)c1)C1CCCN(Cc2cccc3ccccc23)C1. The summed E-state index contributed by atoms with van der Waals surface area (Å²) in [6.45, 7) is 6.86. The van der Waals surface area contributed by atoms with Crippen LogP contribution < -0.4 is 5.32 Å². The van der Waals surface area contributed by atoms with Crippen molar-refractivity contribution in [3.8, 4) is 0 Å². The van der Waals surface area contributed by atoms with E-state index in [1.165, 1.54) is 66.2 Å². The molecule has 1 N–H and O–H groups in total. The molecule has 2 fully saturated rings. The molecule has 4 nitrogen and oxygen atoms in total. The fourth-order valence-electron chi connectivity index (χ4n) is 5.81. The minimum absolute atomic E-state index is 0.0685. The van der Waals surface area contributed by atoms with E-state index < -0.39 is 0 Å². The van der Waals surface area contributed by atoms with Gasteiger partial charge in [0.15, 0.2) is 0 Å². The van der Waals surface area contributed by atoms with E-state index in [-0.39, 0.29) is 11.8 Å². The third kappa shape index (κ3) is 6.50. The maximum absolute atomic E-state index is 13.1. The van der Waals surface area contributed by atoms with Crippen LogP contribution in [-0.4, -0.2) is 41.9 Å². The third-order valence-corrected chi connectivity index (χ3v) is 7.71. The van der Waals surface area contributed by atoms with Crippen LogP contribution in [0.5, 0.6) is 0 Å². The van der Waals surface area contributed by atoms with Crippen molar-refractivity contribution in [2.45, 2.75) is 58.2 Å². The van der Waals surface area contributed by atoms with Gasteiger partial charge in [-0.3, -0.25) is 14.6 Å². The quantitative estimate of drug-likeness (QED) is 0.479. The number of nitrogens with one attached hydrogen (secondary N) is 1. The second-order valence-electron chi connectivity index (χ2n) is 10.4. The number of rotatable bonds is 7. The predicted octanol–water partition coefficient (Wildman–Crippen LogP) is 5.74. The number of nitrogens with zero attached hydrogens (tertiary/aromatic N) is 2. The molecule has 0 radical (unpaired) electrons. The van der Waals surface area contributed by atoms with Crippen molar-refractivity contribution >= 4 is 16.7 Å². The van der Waals surface area contributed by atoms with Crippen LogP contribution in [0.2, 0.25) is 0 Å². The number of benzene rings is 3. The van der Waals surface area contributed by atoms with E-state index in [0.717, 1.165) is 39.0 Å². The zero-order valence-corrected chi connectivity index (χ0v) is 20.9. The Morgan fingerprint density at radius 3 is 2.40 bits per heavy atom. The van der Waals surface area contributed by atoms with Crippen LogP contribution >= 0.6 is 0 Å². The average Bonchev–Trinajstić information content (AvgIpc) is 3.17. The smallest absolute Gasteiger partial charge is 0.224 e. The second-order valence-corrected chi connectivity index (χ2v) is 10.4. The van der Waals surface area contributed by atoms with Crippen LogP contribution in [-0.2, 0) is 24.4 Å². The van der Waals surface area contributed by atoms with Crippen molar-refractivity contribution in [3.63, 3.8) is 0 Å². The molecule has 2 aliphatic rings. The Kier molecular flexibility index (Phi) is 8.12. The predicted molar refractivity (Wildman–Crippen MR) is 144 cm³/mol. The van der Waals surface area contributed by atoms with E-state index >= 15 is 0 Å². The lowest BCUT2D eigenvalue weighted by Gasteiger charge is -2.32. The molecule has 184 valence electrons. The van der Waals surface area contributed by atoms with Gasteiger partial charge in [-0.15, -0.1) is 0 Å². The molecule has 1 amide bonds. The van der Waals surface area contributed by atoms with E-state index in [1.54, 1.807) is 0 Å². The van der Waals surface area contributed by atoms with Gasteiger partial charge in [-0.05, 0) is 72.8 Å². The number of fused-ring (bicyclic) bond motifs is 1. The Morgan fingerprint density at radius 2 is 1.51 bits per heavy atom. The average molecular weight is 470 g/mol. The summed E-state index contributed by atoms with van der Waals surface area (Å²) in [6.07, 6.45) is 7.41. The Hall–Kier alpha value is -2.69. The molecule has 3 aromatic rings. The van der Waals surface area contributed by atoms with Gasteiger partial charge in [0.2, 0.25) is 5.91 Å². The topological polar surface area (TPSA) is 35.6 Å². The molecule has 35 heavy (non-hydrogen) atoms. The summed E-state index contributed by atoms with van der Waals surface area (Å²) in [5, 5.41) is 5.85. The lowest BCUT2D eigenvalue weighted by atomic mass is 9.96.